The zero-order chi connectivity index (χ0) is 38.5. The Morgan fingerprint density at radius 1 is 0.393 bits per heavy atom. The third-order valence-electron chi connectivity index (χ3n) is 10.3. The van der Waals surface area contributed by atoms with Gasteiger partial charge in [-0.3, -0.25) is 40.2 Å². The first-order valence-corrected chi connectivity index (χ1v) is 18.0. The second kappa shape index (κ2) is 13.7. The first-order valence-electron chi connectivity index (χ1n) is 18.0. The Bertz CT molecular complexity index is 2580. The van der Waals surface area contributed by atoms with Crippen LogP contribution in [0.2, 0.25) is 0 Å². The molecule has 0 aliphatic carbocycles. The van der Waals surface area contributed by atoms with E-state index in [1.807, 2.05) is 60.7 Å². The van der Waals surface area contributed by atoms with Gasteiger partial charge in [0.25, 0.3) is 11.4 Å². The third kappa shape index (κ3) is 6.60. The van der Waals surface area contributed by atoms with Crippen LogP contribution in [0, 0.1) is 20.2 Å². The van der Waals surface area contributed by atoms with Crippen molar-refractivity contribution in [3.63, 3.8) is 0 Å². The number of nitro benzene ring substituents is 2. The molecule has 0 radical (unpaired) electrons. The highest BCUT2D eigenvalue weighted by molar-refractivity contribution is 6.11. The SMILES string of the molecule is Nc1ccc2c(c1)CC(c1ccc(C3=Nc4ccc(N)cc4C3)cc1)=N2.O=[N+]([O-])c1ccc2c(c1)CC(c1ccc(C3=Nc4ccc([N+](=O)[O-])cc4C3)cc1)=N2. The van der Waals surface area contributed by atoms with E-state index < -0.39 is 9.85 Å². The van der Waals surface area contributed by atoms with E-state index in [1.54, 1.807) is 24.3 Å². The molecule has 4 heterocycles. The number of aliphatic imine (C=N–C) groups is 4. The van der Waals surface area contributed by atoms with Gasteiger partial charge in [0.05, 0.1) is 55.4 Å². The van der Waals surface area contributed by atoms with Crippen LogP contribution in [0.15, 0.2) is 141 Å². The van der Waals surface area contributed by atoms with E-state index in [4.69, 9.17) is 21.5 Å². The Hall–Kier alpha value is -7.60. The number of rotatable bonds is 6. The maximum absolute atomic E-state index is 11.0. The molecular formula is C44H32N8O4. The minimum atomic E-state index is -0.401. The van der Waals surface area contributed by atoms with Crippen molar-refractivity contribution in [2.24, 2.45) is 20.0 Å². The Morgan fingerprint density at radius 2 is 0.661 bits per heavy atom. The Labute approximate surface area is 320 Å². The predicted octanol–water partition coefficient (Wildman–Crippen LogP) is 9.06. The highest BCUT2D eigenvalue weighted by Crippen LogP contribution is 2.35. The molecule has 4 aliphatic heterocycles. The summed E-state index contributed by atoms with van der Waals surface area (Å²) < 4.78 is 0. The van der Waals surface area contributed by atoms with Gasteiger partial charge in [-0.25, -0.2) is 0 Å². The maximum Gasteiger partial charge on any atom is 0.269 e. The van der Waals surface area contributed by atoms with Crippen LogP contribution in [0.5, 0.6) is 0 Å². The quantitative estimate of drug-likeness (QED) is 0.0974. The third-order valence-corrected chi connectivity index (χ3v) is 10.3. The standard InChI is InChI=1S/C22H14N4O4.C22H18N4/c27-25(28)17-5-7-19-15(9-17)11-21(23-19)13-1-2-14(4-3-13)22-12-16-10-18(26(29)30)6-8-20(16)24-22;23-17-5-7-19-15(9-17)11-21(25-19)13-1-2-14(4-3-13)22-12-16-10-18(24)6-8-20(16)26-22/h1-10H,11-12H2;1-10H,11-12,23-24H2. The van der Waals surface area contributed by atoms with Gasteiger partial charge in [-0.1, -0.05) is 48.5 Å². The zero-order valence-electron chi connectivity index (χ0n) is 29.8. The molecule has 0 unspecified atom stereocenters. The van der Waals surface area contributed by atoms with E-state index in [1.165, 1.54) is 23.3 Å². The fraction of sp³-hybridized carbons (Fsp3) is 0.0909. The van der Waals surface area contributed by atoms with Crippen molar-refractivity contribution in [3.8, 4) is 0 Å². The number of nitrogens with zero attached hydrogens (tertiary/aromatic N) is 6. The smallest absolute Gasteiger partial charge is 0.269 e. The number of nitrogens with two attached hydrogens (primary N) is 2. The van der Waals surface area contributed by atoms with Crippen molar-refractivity contribution in [2.45, 2.75) is 25.7 Å². The molecule has 0 spiro atoms. The topological polar surface area (TPSA) is 188 Å². The number of nitro groups is 2. The van der Waals surface area contributed by atoms with Gasteiger partial charge in [-0.15, -0.1) is 0 Å². The van der Waals surface area contributed by atoms with Crippen molar-refractivity contribution in [1.82, 2.24) is 0 Å². The van der Waals surface area contributed by atoms with Crippen molar-refractivity contribution < 1.29 is 9.85 Å². The van der Waals surface area contributed by atoms with E-state index in [-0.39, 0.29) is 11.4 Å². The molecule has 12 nitrogen and oxygen atoms in total. The molecule has 0 bridgehead atoms. The van der Waals surface area contributed by atoms with Gasteiger partial charge >= 0.3 is 0 Å². The molecule has 4 N–H and O–H groups in total. The van der Waals surface area contributed by atoms with E-state index in [0.717, 1.165) is 103 Å². The summed E-state index contributed by atoms with van der Waals surface area (Å²) in [7, 11) is 0. The highest BCUT2D eigenvalue weighted by Gasteiger charge is 2.23. The molecule has 0 fully saturated rings. The molecule has 6 aromatic carbocycles. The van der Waals surface area contributed by atoms with Crippen LogP contribution in [-0.4, -0.2) is 32.7 Å². The fourth-order valence-corrected chi connectivity index (χ4v) is 7.42. The number of hydrogen-bond acceptors (Lipinski definition) is 10. The van der Waals surface area contributed by atoms with Crippen LogP contribution in [0.25, 0.3) is 0 Å². The van der Waals surface area contributed by atoms with Crippen molar-refractivity contribution in [1.29, 1.82) is 0 Å². The Balaban J connectivity index is 0.000000148. The number of benzene rings is 6. The van der Waals surface area contributed by atoms with E-state index in [2.05, 4.69) is 34.3 Å². The van der Waals surface area contributed by atoms with Crippen LogP contribution in [0.1, 0.15) is 44.5 Å². The molecule has 0 amide bonds. The van der Waals surface area contributed by atoms with Crippen LogP contribution in [-0.2, 0) is 25.7 Å². The summed E-state index contributed by atoms with van der Waals surface area (Å²) in [6, 6.07) is 37.6. The lowest BCUT2D eigenvalue weighted by Crippen LogP contribution is -2.04. The lowest BCUT2D eigenvalue weighted by molar-refractivity contribution is -0.385. The van der Waals surface area contributed by atoms with Gasteiger partial charge in [-0.2, -0.15) is 0 Å². The summed E-state index contributed by atoms with van der Waals surface area (Å²) in [6.45, 7) is 0. The highest BCUT2D eigenvalue weighted by atomic mass is 16.6. The number of nitrogen functional groups attached to an aromatic ring is 2. The molecule has 56 heavy (non-hydrogen) atoms. The van der Waals surface area contributed by atoms with Crippen molar-refractivity contribution >= 4 is 68.3 Å². The Kier molecular flexibility index (Phi) is 8.35. The Morgan fingerprint density at radius 3 is 0.946 bits per heavy atom. The minimum absolute atomic E-state index is 0.0691. The second-order valence-corrected chi connectivity index (χ2v) is 14.0. The lowest BCUT2D eigenvalue weighted by atomic mass is 9.99. The van der Waals surface area contributed by atoms with Gasteiger partial charge < -0.3 is 11.5 Å². The van der Waals surface area contributed by atoms with Crippen molar-refractivity contribution in [2.75, 3.05) is 11.5 Å². The average molecular weight is 737 g/mol. The molecule has 12 heteroatoms. The minimum Gasteiger partial charge on any atom is -0.399 e. The molecule has 6 aromatic rings. The summed E-state index contributed by atoms with van der Waals surface area (Å²) in [5.41, 5.74) is 29.2. The molecule has 0 atom stereocenters. The van der Waals surface area contributed by atoms with Gasteiger partial charge in [0, 0.05) is 61.3 Å². The number of fused-ring (bicyclic) bond motifs is 4. The van der Waals surface area contributed by atoms with Gasteiger partial charge in [0.15, 0.2) is 0 Å². The average Bonchev–Trinajstić information content (AvgIpc) is 4.01. The fourth-order valence-electron chi connectivity index (χ4n) is 7.42. The predicted molar refractivity (Wildman–Crippen MR) is 220 cm³/mol. The first kappa shape index (κ1) is 34.2. The number of hydrogen-bond donors (Lipinski definition) is 2. The summed E-state index contributed by atoms with van der Waals surface area (Å²) in [6.07, 6.45) is 2.75. The molecule has 0 aromatic heterocycles. The van der Waals surface area contributed by atoms with Gasteiger partial charge in [0.2, 0.25) is 0 Å². The maximum atomic E-state index is 11.0. The van der Waals surface area contributed by atoms with E-state index in [9.17, 15) is 20.2 Å². The summed E-state index contributed by atoms with van der Waals surface area (Å²) in [4.78, 5) is 39.9. The van der Waals surface area contributed by atoms with Gasteiger partial charge in [0.1, 0.15) is 0 Å². The van der Waals surface area contributed by atoms with E-state index >= 15 is 0 Å². The normalized spacial score (nSPS) is 14.3. The number of non-ortho nitro benzene ring substituents is 2. The summed E-state index contributed by atoms with van der Waals surface area (Å²) in [5.74, 6) is 0. The molecular weight excluding hydrogens is 705 g/mol. The summed E-state index contributed by atoms with van der Waals surface area (Å²) >= 11 is 0. The monoisotopic (exact) mass is 736 g/mol. The second-order valence-electron chi connectivity index (χ2n) is 14.0. The van der Waals surface area contributed by atoms with Crippen LogP contribution in [0.4, 0.5) is 45.5 Å². The number of anilines is 2. The molecule has 0 saturated heterocycles. The molecule has 272 valence electrons. The molecule has 0 saturated carbocycles. The van der Waals surface area contributed by atoms with Crippen molar-refractivity contribution in [3.05, 3.63) is 186 Å². The largest absolute Gasteiger partial charge is 0.399 e. The summed E-state index contributed by atoms with van der Waals surface area (Å²) in [5, 5.41) is 21.9. The van der Waals surface area contributed by atoms with Crippen LogP contribution in [0.3, 0.4) is 0 Å². The first-order chi connectivity index (χ1) is 27.1. The van der Waals surface area contributed by atoms with Crippen LogP contribution < -0.4 is 11.5 Å². The van der Waals surface area contributed by atoms with Crippen LogP contribution >= 0.6 is 0 Å². The molecule has 4 aliphatic rings. The van der Waals surface area contributed by atoms with E-state index in [0.29, 0.717) is 12.8 Å². The molecule has 10 rings (SSSR count). The lowest BCUT2D eigenvalue weighted by Gasteiger charge is -2.04. The zero-order valence-corrected chi connectivity index (χ0v) is 29.8. The van der Waals surface area contributed by atoms with Gasteiger partial charge in [-0.05, 0) is 93.0 Å².